The zero-order valence-corrected chi connectivity index (χ0v) is 8.71. The smallest absolute Gasteiger partial charge is 0.416 e. The van der Waals surface area contributed by atoms with Gasteiger partial charge >= 0.3 is 18.5 Å². The zero-order chi connectivity index (χ0) is 13.6. The Kier molecular flexibility index (Phi) is 6.11. The summed E-state index contributed by atoms with van der Waals surface area (Å²) in [6, 6.07) is 0. The highest BCUT2D eigenvalue weighted by atomic mass is 19.3. The van der Waals surface area contributed by atoms with Crippen LogP contribution in [0.15, 0.2) is 12.2 Å². The minimum Gasteiger partial charge on any atom is -0.478 e. The fraction of sp³-hybridized carbons (Fsp3) is 0.667. The molecule has 0 heterocycles. The number of hydrogen-bond acceptors (Lipinski definition) is 3. The van der Waals surface area contributed by atoms with E-state index < -0.39 is 31.2 Å². The largest absolute Gasteiger partial charge is 0.478 e. The maximum Gasteiger partial charge on any atom is 0.416 e. The number of ether oxygens (including phenoxy) is 1. The van der Waals surface area contributed by atoms with Crippen LogP contribution in [-0.2, 0) is 9.53 Å². The maximum atomic E-state index is 12.2. The van der Waals surface area contributed by atoms with Crippen molar-refractivity contribution in [3.05, 3.63) is 12.2 Å². The molecule has 17 heavy (non-hydrogen) atoms. The third-order valence-electron chi connectivity index (χ3n) is 1.80. The molecule has 0 saturated heterocycles. The van der Waals surface area contributed by atoms with E-state index in [2.05, 4.69) is 11.3 Å². The Morgan fingerprint density at radius 1 is 1.41 bits per heavy atom. The predicted octanol–water partition coefficient (Wildman–Crippen LogP) is 1.64. The van der Waals surface area contributed by atoms with Gasteiger partial charge in [0.2, 0.25) is 0 Å². The van der Waals surface area contributed by atoms with Gasteiger partial charge in [-0.25, -0.2) is 13.6 Å². The molecule has 0 radical (unpaired) electrons. The van der Waals surface area contributed by atoms with Gasteiger partial charge < -0.3 is 14.9 Å². The van der Waals surface area contributed by atoms with Crippen LogP contribution < -0.4 is 0 Å². The highest BCUT2D eigenvalue weighted by molar-refractivity contribution is 5.85. The van der Waals surface area contributed by atoms with Gasteiger partial charge in [-0.2, -0.15) is 8.78 Å². The van der Waals surface area contributed by atoms with Crippen molar-refractivity contribution in [2.24, 2.45) is 0 Å². The lowest BCUT2D eigenvalue weighted by atomic mass is 10.1. The molecule has 8 heteroatoms. The number of carboxylic acid groups (broad SMARTS) is 1. The first-order chi connectivity index (χ1) is 7.66. The highest BCUT2D eigenvalue weighted by Gasteiger charge is 2.42. The first-order valence-electron chi connectivity index (χ1n) is 4.56. The maximum absolute atomic E-state index is 12.2. The molecule has 1 atom stereocenters. The lowest BCUT2D eigenvalue weighted by Gasteiger charge is -2.18. The van der Waals surface area contributed by atoms with Crippen LogP contribution in [0.25, 0.3) is 0 Å². The number of hydrogen-bond donors (Lipinski definition) is 2. The molecule has 2 N–H and O–H groups in total. The summed E-state index contributed by atoms with van der Waals surface area (Å²) >= 11 is 0. The van der Waals surface area contributed by atoms with Crippen molar-refractivity contribution in [1.29, 1.82) is 0 Å². The first kappa shape index (κ1) is 15.9. The lowest BCUT2D eigenvalue weighted by molar-refractivity contribution is -0.306. The van der Waals surface area contributed by atoms with E-state index in [1.165, 1.54) is 0 Å². The van der Waals surface area contributed by atoms with Crippen LogP contribution in [-0.4, -0.2) is 41.4 Å². The van der Waals surface area contributed by atoms with E-state index in [0.29, 0.717) is 0 Å². The fourth-order valence-corrected chi connectivity index (χ4v) is 0.801. The molecular formula is C9H12F4O4. The Morgan fingerprint density at radius 3 is 2.35 bits per heavy atom. The molecule has 0 amide bonds. The molecular weight excluding hydrogens is 248 g/mol. The second-order valence-electron chi connectivity index (χ2n) is 3.27. The number of alkyl halides is 4. The van der Waals surface area contributed by atoms with Gasteiger partial charge in [0.25, 0.3) is 0 Å². The lowest BCUT2D eigenvalue weighted by Crippen LogP contribution is -2.33. The second-order valence-corrected chi connectivity index (χ2v) is 3.27. The first-order valence-corrected chi connectivity index (χ1v) is 4.56. The SMILES string of the molecule is C=C(CCC(O)COC(F)(F)C(F)F)C(=O)O. The average Bonchev–Trinajstić information content (AvgIpc) is 2.22. The second kappa shape index (κ2) is 6.55. The van der Waals surface area contributed by atoms with Crippen molar-refractivity contribution in [1.82, 2.24) is 0 Å². The van der Waals surface area contributed by atoms with Crippen molar-refractivity contribution in [2.45, 2.75) is 31.5 Å². The van der Waals surface area contributed by atoms with Crippen molar-refractivity contribution in [2.75, 3.05) is 6.61 Å². The summed E-state index contributed by atoms with van der Waals surface area (Å²) in [5.41, 5.74) is -0.218. The molecule has 0 fully saturated rings. The van der Waals surface area contributed by atoms with Crippen LogP contribution in [0.3, 0.4) is 0 Å². The van der Waals surface area contributed by atoms with Gasteiger partial charge in [-0.05, 0) is 12.8 Å². The van der Waals surface area contributed by atoms with Gasteiger partial charge in [-0.3, -0.25) is 0 Å². The Labute approximate surface area is 94.5 Å². The van der Waals surface area contributed by atoms with Crippen LogP contribution in [0, 0.1) is 0 Å². The van der Waals surface area contributed by atoms with E-state index in [9.17, 15) is 22.4 Å². The van der Waals surface area contributed by atoms with Crippen LogP contribution in [0.4, 0.5) is 17.6 Å². The molecule has 0 aliphatic carbocycles. The Bertz CT molecular complexity index is 280. The summed E-state index contributed by atoms with van der Waals surface area (Å²) < 4.78 is 51.3. The highest BCUT2D eigenvalue weighted by Crippen LogP contribution is 2.24. The summed E-state index contributed by atoms with van der Waals surface area (Å²) in [5, 5.41) is 17.5. The molecule has 0 bridgehead atoms. The van der Waals surface area contributed by atoms with Gasteiger partial charge in [0.15, 0.2) is 0 Å². The van der Waals surface area contributed by atoms with Crippen molar-refractivity contribution in [3.63, 3.8) is 0 Å². The summed E-state index contributed by atoms with van der Waals surface area (Å²) in [4.78, 5) is 10.3. The molecule has 0 aromatic carbocycles. The number of aliphatic hydroxyl groups is 1. The average molecular weight is 260 g/mol. The minimum absolute atomic E-state index is 0.153. The van der Waals surface area contributed by atoms with E-state index in [1.54, 1.807) is 0 Å². The van der Waals surface area contributed by atoms with E-state index in [4.69, 9.17) is 10.2 Å². The van der Waals surface area contributed by atoms with Crippen molar-refractivity contribution >= 4 is 5.97 Å². The number of rotatable bonds is 8. The normalized spacial score (nSPS) is 13.8. The Hall–Kier alpha value is -1.15. The van der Waals surface area contributed by atoms with Crippen LogP contribution >= 0.6 is 0 Å². The molecule has 0 saturated carbocycles. The Morgan fingerprint density at radius 2 is 1.94 bits per heavy atom. The van der Waals surface area contributed by atoms with Crippen LogP contribution in [0.2, 0.25) is 0 Å². The molecule has 4 nitrogen and oxygen atoms in total. The van der Waals surface area contributed by atoms with Crippen LogP contribution in [0.1, 0.15) is 12.8 Å². The summed E-state index contributed by atoms with van der Waals surface area (Å²) in [7, 11) is 0. The number of aliphatic hydroxyl groups excluding tert-OH is 1. The van der Waals surface area contributed by atoms with E-state index >= 15 is 0 Å². The quantitative estimate of drug-likeness (QED) is 0.514. The Balaban J connectivity index is 3.92. The van der Waals surface area contributed by atoms with Gasteiger partial charge in [-0.15, -0.1) is 0 Å². The third-order valence-corrected chi connectivity index (χ3v) is 1.80. The van der Waals surface area contributed by atoms with Gasteiger partial charge in [0.1, 0.15) is 0 Å². The standard InChI is InChI=1S/C9H12F4O4/c1-5(7(15)16)2-3-6(14)4-17-9(12,13)8(10)11/h6,8,14H,1-4H2,(H,15,16). The van der Waals surface area contributed by atoms with Crippen LogP contribution in [0.5, 0.6) is 0 Å². The van der Waals surface area contributed by atoms with Gasteiger partial charge in [0.05, 0.1) is 12.7 Å². The number of aliphatic carboxylic acids is 1. The van der Waals surface area contributed by atoms with Crippen molar-refractivity contribution in [3.8, 4) is 0 Å². The van der Waals surface area contributed by atoms with E-state index in [1.807, 2.05) is 0 Å². The zero-order valence-electron chi connectivity index (χ0n) is 8.71. The number of carbonyl (C=O) groups is 1. The molecule has 0 spiro atoms. The number of halogens is 4. The van der Waals surface area contributed by atoms with Gasteiger partial charge in [-0.1, -0.05) is 6.58 Å². The molecule has 0 rings (SSSR count). The number of carboxylic acids is 1. The molecule has 100 valence electrons. The molecule has 0 aromatic rings. The molecule has 0 aliphatic rings. The molecule has 0 aliphatic heterocycles. The minimum atomic E-state index is -4.62. The van der Waals surface area contributed by atoms with E-state index in [-0.39, 0.29) is 18.4 Å². The summed E-state index contributed by atoms with van der Waals surface area (Å²) in [6.45, 7) is 2.13. The molecule has 1 unspecified atom stereocenters. The molecule has 0 aromatic heterocycles. The van der Waals surface area contributed by atoms with E-state index in [0.717, 1.165) is 0 Å². The fourth-order valence-electron chi connectivity index (χ4n) is 0.801. The third kappa shape index (κ3) is 6.22. The monoisotopic (exact) mass is 260 g/mol. The predicted molar refractivity (Wildman–Crippen MR) is 48.9 cm³/mol. The van der Waals surface area contributed by atoms with Crippen molar-refractivity contribution < 1.29 is 37.3 Å². The summed E-state index contributed by atoms with van der Waals surface area (Å²) in [6.07, 6.45) is -10.4. The summed E-state index contributed by atoms with van der Waals surface area (Å²) in [5.74, 6) is -1.28. The van der Waals surface area contributed by atoms with Gasteiger partial charge in [0, 0.05) is 5.57 Å². The topological polar surface area (TPSA) is 66.8 Å².